The molecule has 0 spiro atoms. The fourth-order valence-corrected chi connectivity index (χ4v) is 3.62. The van der Waals surface area contributed by atoms with Crippen LogP contribution in [0.4, 0.5) is 0 Å². The van der Waals surface area contributed by atoms with Crippen molar-refractivity contribution in [2.75, 3.05) is 27.2 Å². The Hall–Kier alpha value is -2.15. The van der Waals surface area contributed by atoms with Crippen LogP contribution in [0.3, 0.4) is 0 Å². The van der Waals surface area contributed by atoms with Crippen molar-refractivity contribution in [2.45, 2.75) is 6.04 Å². The molecule has 1 aromatic carbocycles. The molecular formula is C19H20ClN3O2S. The zero-order valence-corrected chi connectivity index (χ0v) is 16.2. The molecule has 3 rings (SSSR count). The van der Waals surface area contributed by atoms with Crippen molar-refractivity contribution in [3.05, 3.63) is 57.9 Å². The number of carbonyl (C=O) groups is 1. The Labute approximate surface area is 161 Å². The van der Waals surface area contributed by atoms with Crippen molar-refractivity contribution in [1.29, 1.82) is 0 Å². The topological polar surface area (TPSA) is 54.5 Å². The third-order valence-electron chi connectivity index (χ3n) is 4.08. The molecule has 0 aliphatic carbocycles. The summed E-state index contributed by atoms with van der Waals surface area (Å²) in [7, 11) is 3.99. The fraction of sp³-hybridized carbons (Fsp3) is 0.263. The van der Waals surface area contributed by atoms with Gasteiger partial charge in [0, 0.05) is 18.1 Å². The summed E-state index contributed by atoms with van der Waals surface area (Å²) < 4.78 is 5.67. The molecule has 2 heterocycles. The van der Waals surface area contributed by atoms with Gasteiger partial charge in [0.1, 0.15) is 11.3 Å². The van der Waals surface area contributed by atoms with Gasteiger partial charge in [-0.25, -0.2) is 0 Å². The van der Waals surface area contributed by atoms with Gasteiger partial charge in [-0.3, -0.25) is 9.78 Å². The predicted octanol–water partition coefficient (Wildman–Crippen LogP) is 3.75. The highest BCUT2D eigenvalue weighted by Gasteiger charge is 2.16. The Morgan fingerprint density at radius 1 is 1.35 bits per heavy atom. The highest BCUT2D eigenvalue weighted by Crippen LogP contribution is 2.29. The van der Waals surface area contributed by atoms with Crippen molar-refractivity contribution in [3.63, 3.8) is 0 Å². The number of aromatic nitrogens is 1. The summed E-state index contributed by atoms with van der Waals surface area (Å²) in [5, 5.41) is 8.48. The molecule has 5 nitrogen and oxygen atoms in total. The maximum absolute atomic E-state index is 12.2. The predicted molar refractivity (Wildman–Crippen MR) is 106 cm³/mol. The molecule has 1 amide bonds. The van der Waals surface area contributed by atoms with E-state index in [1.54, 1.807) is 29.7 Å². The molecule has 0 bridgehead atoms. The number of pyridine rings is 1. The van der Waals surface area contributed by atoms with Crippen LogP contribution in [0.15, 0.2) is 47.3 Å². The number of hydrogen-bond donors (Lipinski definition) is 1. The first-order valence-electron chi connectivity index (χ1n) is 8.17. The van der Waals surface area contributed by atoms with E-state index in [2.05, 4.69) is 26.6 Å². The first-order chi connectivity index (χ1) is 12.6. The number of benzene rings is 1. The molecule has 0 radical (unpaired) electrons. The lowest BCUT2D eigenvalue weighted by Gasteiger charge is -2.24. The van der Waals surface area contributed by atoms with Crippen molar-refractivity contribution in [3.8, 4) is 5.75 Å². The minimum Gasteiger partial charge on any atom is -0.481 e. The van der Waals surface area contributed by atoms with Gasteiger partial charge in [-0.15, -0.1) is 0 Å². The SMILES string of the molecule is CN(C)C(CNC(=O)COc1ccc(Cl)c2cccnc12)c1ccsc1. The van der Waals surface area contributed by atoms with Crippen molar-refractivity contribution in [2.24, 2.45) is 0 Å². The van der Waals surface area contributed by atoms with E-state index in [1.807, 2.05) is 31.6 Å². The summed E-state index contributed by atoms with van der Waals surface area (Å²) in [5.41, 5.74) is 1.84. The lowest BCUT2D eigenvalue weighted by Crippen LogP contribution is -2.36. The molecule has 0 aliphatic rings. The average molecular weight is 390 g/mol. The summed E-state index contributed by atoms with van der Waals surface area (Å²) >= 11 is 7.82. The minimum atomic E-state index is -0.175. The third-order valence-corrected chi connectivity index (χ3v) is 5.11. The Kier molecular flexibility index (Phi) is 6.08. The maximum atomic E-state index is 12.2. The van der Waals surface area contributed by atoms with Crippen molar-refractivity contribution in [1.82, 2.24) is 15.2 Å². The first kappa shape index (κ1) is 18.6. The van der Waals surface area contributed by atoms with Gasteiger partial charge < -0.3 is 15.0 Å². The zero-order valence-electron chi connectivity index (χ0n) is 14.6. The van der Waals surface area contributed by atoms with E-state index in [0.717, 1.165) is 5.39 Å². The molecule has 1 atom stereocenters. The van der Waals surface area contributed by atoms with Crippen LogP contribution >= 0.6 is 22.9 Å². The Morgan fingerprint density at radius 2 is 2.19 bits per heavy atom. The van der Waals surface area contributed by atoms with E-state index >= 15 is 0 Å². The van der Waals surface area contributed by atoms with Gasteiger partial charge in [0.25, 0.3) is 5.91 Å². The zero-order chi connectivity index (χ0) is 18.5. The van der Waals surface area contributed by atoms with E-state index in [1.165, 1.54) is 5.56 Å². The molecule has 7 heteroatoms. The van der Waals surface area contributed by atoms with Crippen LogP contribution in [-0.2, 0) is 4.79 Å². The van der Waals surface area contributed by atoms with Gasteiger partial charge in [-0.05, 0) is 60.8 Å². The first-order valence-corrected chi connectivity index (χ1v) is 9.49. The third kappa shape index (κ3) is 4.33. The van der Waals surface area contributed by atoms with Crippen molar-refractivity contribution >= 4 is 39.7 Å². The average Bonchev–Trinajstić information content (AvgIpc) is 3.15. The van der Waals surface area contributed by atoms with Gasteiger partial charge in [-0.2, -0.15) is 11.3 Å². The number of nitrogens with zero attached hydrogens (tertiary/aromatic N) is 2. The summed E-state index contributed by atoms with van der Waals surface area (Å²) in [5.74, 6) is 0.369. The maximum Gasteiger partial charge on any atom is 0.258 e. The second-order valence-corrected chi connectivity index (χ2v) is 7.26. The molecule has 0 aliphatic heterocycles. The number of ether oxygens (including phenoxy) is 1. The number of carbonyl (C=O) groups excluding carboxylic acids is 1. The standard InChI is InChI=1S/C19H20ClN3O2S/c1-23(2)16(13-7-9-26-12-13)10-22-18(24)11-25-17-6-5-15(20)14-4-3-8-21-19(14)17/h3-9,12,16H,10-11H2,1-2H3,(H,22,24). The minimum absolute atomic E-state index is 0.0723. The lowest BCUT2D eigenvalue weighted by molar-refractivity contribution is -0.123. The van der Waals surface area contributed by atoms with Crippen LogP contribution in [0.25, 0.3) is 10.9 Å². The van der Waals surface area contributed by atoms with Crippen LogP contribution < -0.4 is 10.1 Å². The summed E-state index contributed by atoms with van der Waals surface area (Å²) in [6.07, 6.45) is 1.67. The molecule has 1 N–H and O–H groups in total. The van der Waals surface area contributed by atoms with Crippen LogP contribution in [0.1, 0.15) is 11.6 Å². The second-order valence-electron chi connectivity index (χ2n) is 6.07. The molecule has 0 fully saturated rings. The fourth-order valence-electron chi connectivity index (χ4n) is 2.70. The van der Waals surface area contributed by atoms with Gasteiger partial charge in [0.15, 0.2) is 6.61 Å². The lowest BCUT2D eigenvalue weighted by atomic mass is 10.1. The van der Waals surface area contributed by atoms with E-state index in [9.17, 15) is 4.79 Å². The number of nitrogens with one attached hydrogen (secondary N) is 1. The van der Waals surface area contributed by atoms with Crippen molar-refractivity contribution < 1.29 is 9.53 Å². The Balaban J connectivity index is 1.60. The number of likely N-dealkylation sites (N-methyl/N-ethyl adjacent to an activating group) is 1. The molecule has 0 saturated carbocycles. The Bertz CT molecular complexity index is 884. The second kappa shape index (κ2) is 8.49. The molecule has 136 valence electrons. The van der Waals surface area contributed by atoms with Crippen LogP contribution in [0.5, 0.6) is 5.75 Å². The quantitative estimate of drug-likeness (QED) is 0.668. The van der Waals surface area contributed by atoms with Gasteiger partial charge in [0.05, 0.1) is 11.1 Å². The summed E-state index contributed by atoms with van der Waals surface area (Å²) in [6.45, 7) is 0.447. The number of amides is 1. The molecule has 3 aromatic rings. The van der Waals surface area contributed by atoms with Crippen LogP contribution in [0.2, 0.25) is 5.02 Å². The normalized spacial score (nSPS) is 12.3. The molecule has 1 unspecified atom stereocenters. The van der Waals surface area contributed by atoms with E-state index in [4.69, 9.17) is 16.3 Å². The highest BCUT2D eigenvalue weighted by molar-refractivity contribution is 7.08. The van der Waals surface area contributed by atoms with Crippen LogP contribution in [-0.4, -0.2) is 43.0 Å². The number of rotatable bonds is 7. The van der Waals surface area contributed by atoms with E-state index in [0.29, 0.717) is 22.8 Å². The van der Waals surface area contributed by atoms with Gasteiger partial charge >= 0.3 is 0 Å². The smallest absolute Gasteiger partial charge is 0.258 e. The number of halogens is 1. The largest absolute Gasteiger partial charge is 0.481 e. The molecule has 26 heavy (non-hydrogen) atoms. The molecule has 2 aromatic heterocycles. The number of thiophene rings is 1. The molecular weight excluding hydrogens is 370 g/mol. The van der Waals surface area contributed by atoms with Gasteiger partial charge in [-0.1, -0.05) is 11.6 Å². The van der Waals surface area contributed by atoms with Gasteiger partial charge in [0.2, 0.25) is 0 Å². The monoisotopic (exact) mass is 389 g/mol. The Morgan fingerprint density at radius 3 is 2.92 bits per heavy atom. The summed E-state index contributed by atoms with van der Waals surface area (Å²) in [4.78, 5) is 18.6. The highest BCUT2D eigenvalue weighted by atomic mass is 35.5. The number of hydrogen-bond acceptors (Lipinski definition) is 5. The summed E-state index contributed by atoms with van der Waals surface area (Å²) in [6, 6.07) is 9.37. The van der Waals surface area contributed by atoms with E-state index < -0.39 is 0 Å². The van der Waals surface area contributed by atoms with Crippen LogP contribution in [0, 0.1) is 0 Å². The number of fused-ring (bicyclic) bond motifs is 1. The van der Waals surface area contributed by atoms with E-state index in [-0.39, 0.29) is 18.6 Å². The molecule has 0 saturated heterocycles.